The lowest BCUT2D eigenvalue weighted by Crippen LogP contribution is -2.12. The van der Waals surface area contributed by atoms with Crippen molar-refractivity contribution in [2.75, 3.05) is 6.26 Å². The van der Waals surface area contributed by atoms with Gasteiger partial charge in [0.05, 0.1) is 0 Å². The molecule has 5 heteroatoms. The molecule has 2 rings (SSSR count). The molecule has 2 aromatic rings. The van der Waals surface area contributed by atoms with Gasteiger partial charge in [0.15, 0.2) is 0 Å². The highest BCUT2D eigenvalue weighted by Crippen LogP contribution is 2.23. The maximum absolute atomic E-state index is 11.6. The van der Waals surface area contributed by atoms with Crippen LogP contribution in [0.2, 0.25) is 0 Å². The summed E-state index contributed by atoms with van der Waals surface area (Å²) in [4.78, 5) is 12.7. The van der Waals surface area contributed by atoms with E-state index in [9.17, 15) is 4.79 Å². The highest BCUT2D eigenvalue weighted by Gasteiger charge is 2.15. The van der Waals surface area contributed by atoms with Crippen LogP contribution in [0.15, 0.2) is 59.5 Å². The van der Waals surface area contributed by atoms with E-state index in [0.717, 1.165) is 4.90 Å². The SMILES string of the molecule is CSc1ccc(OC(=O)OC(Cl)c2ccccc2)cc1. The Kier molecular flexibility index (Phi) is 5.32. The fourth-order valence-corrected chi connectivity index (χ4v) is 2.15. The average Bonchev–Trinajstić information content (AvgIpc) is 2.49. The third-order valence-corrected chi connectivity index (χ3v) is 3.61. The first-order valence-corrected chi connectivity index (χ1v) is 7.56. The Morgan fingerprint density at radius 2 is 1.75 bits per heavy atom. The van der Waals surface area contributed by atoms with Crippen LogP contribution in [0.1, 0.15) is 11.1 Å². The summed E-state index contributed by atoms with van der Waals surface area (Å²) in [7, 11) is 0. The number of ether oxygens (including phenoxy) is 2. The molecule has 104 valence electrons. The zero-order chi connectivity index (χ0) is 14.4. The average molecular weight is 309 g/mol. The van der Waals surface area contributed by atoms with Crippen molar-refractivity contribution in [3.8, 4) is 5.75 Å². The summed E-state index contributed by atoms with van der Waals surface area (Å²) in [5, 5.41) is 0. The molecule has 3 nitrogen and oxygen atoms in total. The molecule has 20 heavy (non-hydrogen) atoms. The van der Waals surface area contributed by atoms with Gasteiger partial charge in [0, 0.05) is 10.5 Å². The third-order valence-electron chi connectivity index (χ3n) is 2.52. The van der Waals surface area contributed by atoms with E-state index in [4.69, 9.17) is 21.1 Å². The predicted molar refractivity (Wildman–Crippen MR) is 80.4 cm³/mol. The van der Waals surface area contributed by atoms with Crippen LogP contribution in [0, 0.1) is 0 Å². The second-order valence-corrected chi connectivity index (χ2v) is 5.15. The summed E-state index contributed by atoms with van der Waals surface area (Å²) in [5.74, 6) is 0.421. The molecular weight excluding hydrogens is 296 g/mol. The predicted octanol–water partition coefficient (Wildman–Crippen LogP) is 4.86. The molecule has 2 aromatic carbocycles. The monoisotopic (exact) mass is 308 g/mol. The van der Waals surface area contributed by atoms with Gasteiger partial charge in [-0.3, -0.25) is 0 Å². The lowest BCUT2D eigenvalue weighted by atomic mass is 10.2. The quantitative estimate of drug-likeness (QED) is 0.350. The van der Waals surface area contributed by atoms with Gasteiger partial charge in [0.1, 0.15) is 5.75 Å². The Hall–Kier alpha value is -1.65. The van der Waals surface area contributed by atoms with Gasteiger partial charge < -0.3 is 9.47 Å². The first-order chi connectivity index (χ1) is 9.69. The summed E-state index contributed by atoms with van der Waals surface area (Å²) >= 11 is 7.60. The van der Waals surface area contributed by atoms with E-state index < -0.39 is 11.7 Å². The second kappa shape index (κ2) is 7.22. The Morgan fingerprint density at radius 1 is 1.10 bits per heavy atom. The van der Waals surface area contributed by atoms with Crippen molar-refractivity contribution >= 4 is 29.5 Å². The molecule has 1 atom stereocenters. The first-order valence-electron chi connectivity index (χ1n) is 5.90. The number of thioether (sulfide) groups is 1. The maximum Gasteiger partial charge on any atom is 0.515 e. The van der Waals surface area contributed by atoms with Crippen LogP contribution < -0.4 is 4.74 Å². The summed E-state index contributed by atoms with van der Waals surface area (Å²) in [5.41, 5.74) is -0.169. The molecule has 0 aliphatic carbocycles. The van der Waals surface area contributed by atoms with Gasteiger partial charge >= 0.3 is 6.16 Å². The van der Waals surface area contributed by atoms with Gasteiger partial charge in [-0.15, -0.1) is 11.8 Å². The molecule has 0 aliphatic rings. The largest absolute Gasteiger partial charge is 0.515 e. The lowest BCUT2D eigenvalue weighted by molar-refractivity contribution is 0.0871. The normalized spacial score (nSPS) is 11.7. The number of carbonyl (C=O) groups excluding carboxylic acids is 1. The zero-order valence-electron chi connectivity index (χ0n) is 10.8. The van der Waals surface area contributed by atoms with Gasteiger partial charge in [-0.25, -0.2) is 4.79 Å². The molecule has 0 aromatic heterocycles. The number of benzene rings is 2. The Balaban J connectivity index is 1.91. The minimum atomic E-state index is -0.867. The molecule has 0 N–H and O–H groups in total. The fourth-order valence-electron chi connectivity index (χ4n) is 1.52. The Bertz CT molecular complexity index is 557. The Labute approximate surface area is 126 Å². The number of hydrogen-bond donors (Lipinski definition) is 0. The van der Waals surface area contributed by atoms with Crippen molar-refractivity contribution in [2.24, 2.45) is 0 Å². The number of hydrogen-bond acceptors (Lipinski definition) is 4. The zero-order valence-corrected chi connectivity index (χ0v) is 12.4. The number of alkyl halides is 1. The topological polar surface area (TPSA) is 35.5 Å². The Morgan fingerprint density at radius 3 is 2.35 bits per heavy atom. The van der Waals surface area contributed by atoms with E-state index in [-0.39, 0.29) is 0 Å². The molecule has 0 radical (unpaired) electrons. The molecule has 0 saturated carbocycles. The van der Waals surface area contributed by atoms with Crippen molar-refractivity contribution in [3.63, 3.8) is 0 Å². The van der Waals surface area contributed by atoms with Gasteiger partial charge in [-0.05, 0) is 30.5 Å². The van der Waals surface area contributed by atoms with Crippen LogP contribution in [-0.2, 0) is 4.74 Å². The van der Waals surface area contributed by atoms with Gasteiger partial charge in [0.25, 0.3) is 0 Å². The molecular formula is C15H13ClO3S. The summed E-state index contributed by atoms with van der Waals surface area (Å²) in [6, 6.07) is 16.2. The van der Waals surface area contributed by atoms with Crippen molar-refractivity contribution in [1.82, 2.24) is 0 Å². The maximum atomic E-state index is 11.6. The number of rotatable bonds is 4. The molecule has 0 saturated heterocycles. The van der Waals surface area contributed by atoms with Gasteiger partial charge in [-0.2, -0.15) is 0 Å². The van der Waals surface area contributed by atoms with Crippen molar-refractivity contribution in [2.45, 2.75) is 10.5 Å². The molecule has 0 amide bonds. The van der Waals surface area contributed by atoms with E-state index in [1.165, 1.54) is 0 Å². The minimum Gasteiger partial charge on any atom is -0.410 e. The van der Waals surface area contributed by atoms with Crippen molar-refractivity contribution in [3.05, 3.63) is 60.2 Å². The third kappa shape index (κ3) is 4.18. The van der Waals surface area contributed by atoms with Gasteiger partial charge in [0.2, 0.25) is 5.56 Å². The standard InChI is InChI=1S/C15H13ClO3S/c1-20-13-9-7-12(8-10-13)18-15(17)19-14(16)11-5-3-2-4-6-11/h2-10,14H,1H3. The molecule has 0 spiro atoms. The van der Waals surface area contributed by atoms with Crippen LogP contribution in [0.3, 0.4) is 0 Å². The summed E-state index contributed by atoms with van der Waals surface area (Å²) in [6.07, 6.45) is 1.15. The van der Waals surface area contributed by atoms with E-state index in [0.29, 0.717) is 11.3 Å². The summed E-state index contributed by atoms with van der Waals surface area (Å²) < 4.78 is 10.0. The molecule has 0 fully saturated rings. The second-order valence-electron chi connectivity index (χ2n) is 3.87. The molecule has 0 aliphatic heterocycles. The smallest absolute Gasteiger partial charge is 0.410 e. The minimum absolute atomic E-state index is 0.421. The van der Waals surface area contributed by atoms with Crippen molar-refractivity contribution < 1.29 is 14.3 Å². The molecule has 0 heterocycles. The molecule has 1 unspecified atom stereocenters. The number of carbonyl (C=O) groups is 1. The summed E-state index contributed by atoms with van der Waals surface area (Å²) in [6.45, 7) is 0. The first kappa shape index (κ1) is 14.8. The van der Waals surface area contributed by atoms with Crippen LogP contribution >= 0.6 is 23.4 Å². The van der Waals surface area contributed by atoms with Gasteiger partial charge in [-0.1, -0.05) is 41.9 Å². The van der Waals surface area contributed by atoms with Crippen LogP contribution in [-0.4, -0.2) is 12.4 Å². The van der Waals surface area contributed by atoms with E-state index in [1.54, 1.807) is 36.0 Å². The van der Waals surface area contributed by atoms with E-state index in [2.05, 4.69) is 0 Å². The lowest BCUT2D eigenvalue weighted by Gasteiger charge is -2.11. The highest BCUT2D eigenvalue weighted by atomic mass is 35.5. The highest BCUT2D eigenvalue weighted by molar-refractivity contribution is 7.98. The van der Waals surface area contributed by atoms with Crippen LogP contribution in [0.4, 0.5) is 4.79 Å². The fraction of sp³-hybridized carbons (Fsp3) is 0.133. The van der Waals surface area contributed by atoms with Crippen molar-refractivity contribution in [1.29, 1.82) is 0 Å². The van der Waals surface area contributed by atoms with Crippen LogP contribution in [0.25, 0.3) is 0 Å². The van der Waals surface area contributed by atoms with E-state index in [1.807, 2.05) is 36.6 Å². The molecule has 0 bridgehead atoms. The van der Waals surface area contributed by atoms with Crippen LogP contribution in [0.5, 0.6) is 5.75 Å². The van der Waals surface area contributed by atoms with E-state index >= 15 is 0 Å². The number of halogens is 1.